The van der Waals surface area contributed by atoms with Gasteiger partial charge in [-0.15, -0.1) is 0 Å². The Morgan fingerprint density at radius 2 is 2.30 bits per heavy atom. The third-order valence-corrected chi connectivity index (χ3v) is 3.59. The highest BCUT2D eigenvalue weighted by Crippen LogP contribution is 2.28. The van der Waals surface area contributed by atoms with Crippen LogP contribution in [-0.4, -0.2) is 41.9 Å². The van der Waals surface area contributed by atoms with E-state index in [1.54, 1.807) is 6.92 Å². The highest BCUT2D eigenvalue weighted by atomic mass is 16.5. The van der Waals surface area contributed by atoms with E-state index >= 15 is 0 Å². The number of anilines is 1. The van der Waals surface area contributed by atoms with Gasteiger partial charge in [-0.05, 0) is 30.7 Å². The van der Waals surface area contributed by atoms with Gasteiger partial charge in [-0.1, -0.05) is 19.1 Å². The Morgan fingerprint density at radius 1 is 1.50 bits per heavy atom. The molecule has 2 rings (SSSR count). The number of rotatable bonds is 5. The third kappa shape index (κ3) is 3.29. The second-order valence-corrected chi connectivity index (χ2v) is 4.85. The number of hydrogen-bond donors (Lipinski definition) is 2. The number of aliphatic hydroxyl groups is 1. The van der Waals surface area contributed by atoms with Crippen LogP contribution in [0.3, 0.4) is 0 Å². The lowest BCUT2D eigenvalue weighted by Crippen LogP contribution is -2.40. The van der Waals surface area contributed by atoms with Crippen molar-refractivity contribution in [1.29, 1.82) is 0 Å². The van der Waals surface area contributed by atoms with Crippen molar-refractivity contribution in [2.24, 2.45) is 0 Å². The van der Waals surface area contributed by atoms with Gasteiger partial charge in [0, 0.05) is 18.7 Å². The third-order valence-electron chi connectivity index (χ3n) is 3.59. The van der Waals surface area contributed by atoms with Crippen LogP contribution in [0.25, 0.3) is 0 Å². The largest absolute Gasteiger partial charge is 0.465 e. The zero-order valence-electron chi connectivity index (χ0n) is 12.1. The molecule has 1 aromatic carbocycles. The van der Waals surface area contributed by atoms with Gasteiger partial charge in [0.15, 0.2) is 0 Å². The van der Waals surface area contributed by atoms with Crippen LogP contribution >= 0.6 is 0 Å². The number of esters is 1. The highest BCUT2D eigenvalue weighted by molar-refractivity contribution is 5.75. The number of nitrogens with zero attached hydrogens (tertiary/aromatic N) is 1. The van der Waals surface area contributed by atoms with Crippen LogP contribution in [0.15, 0.2) is 18.2 Å². The first-order valence-electron chi connectivity index (χ1n) is 7.08. The summed E-state index contributed by atoms with van der Waals surface area (Å²) in [4.78, 5) is 13.4. The first kappa shape index (κ1) is 14.8. The Kier molecular flexibility index (Phi) is 4.98. The standard InChI is InChI=1S/C15H22N2O3/c1-3-17-10-12-11(8-14(17)18)6-5-7-13(12)16-9-15(19)20-4-2/h5-7,14,16,18H,3-4,8-10H2,1-2H3. The Balaban J connectivity index is 2.11. The number of aliphatic hydroxyl groups excluding tert-OH is 1. The van der Waals surface area contributed by atoms with Crippen molar-refractivity contribution < 1.29 is 14.6 Å². The summed E-state index contributed by atoms with van der Waals surface area (Å²) in [5.41, 5.74) is 3.24. The topological polar surface area (TPSA) is 61.8 Å². The van der Waals surface area contributed by atoms with Gasteiger partial charge < -0.3 is 15.2 Å². The monoisotopic (exact) mass is 278 g/mol. The number of ether oxygens (including phenoxy) is 1. The Bertz CT molecular complexity index is 476. The molecule has 1 aliphatic heterocycles. The van der Waals surface area contributed by atoms with E-state index in [0.717, 1.165) is 23.4 Å². The summed E-state index contributed by atoms with van der Waals surface area (Å²) >= 11 is 0. The van der Waals surface area contributed by atoms with Gasteiger partial charge in [0.1, 0.15) is 12.8 Å². The molecule has 1 aliphatic rings. The van der Waals surface area contributed by atoms with Crippen molar-refractivity contribution in [2.75, 3.05) is 25.0 Å². The van der Waals surface area contributed by atoms with Gasteiger partial charge in [0.25, 0.3) is 0 Å². The Hall–Kier alpha value is -1.59. The molecular weight excluding hydrogens is 256 g/mol. The summed E-state index contributed by atoms with van der Waals surface area (Å²) < 4.78 is 4.92. The van der Waals surface area contributed by atoms with Crippen LogP contribution in [0, 0.1) is 0 Å². The summed E-state index contributed by atoms with van der Waals surface area (Å²) in [5.74, 6) is -0.256. The van der Waals surface area contributed by atoms with Gasteiger partial charge >= 0.3 is 5.97 Å². The number of fused-ring (bicyclic) bond motifs is 1. The SMILES string of the molecule is CCOC(=O)CNc1cccc2c1CN(CC)C(O)C2. The van der Waals surface area contributed by atoms with Crippen molar-refractivity contribution in [2.45, 2.75) is 33.0 Å². The molecule has 0 spiro atoms. The second kappa shape index (κ2) is 6.72. The van der Waals surface area contributed by atoms with Crippen molar-refractivity contribution in [3.8, 4) is 0 Å². The summed E-state index contributed by atoms with van der Waals surface area (Å²) in [6.45, 7) is 5.87. The quantitative estimate of drug-likeness (QED) is 0.796. The van der Waals surface area contributed by atoms with Crippen molar-refractivity contribution in [3.05, 3.63) is 29.3 Å². The molecule has 0 fully saturated rings. The second-order valence-electron chi connectivity index (χ2n) is 4.85. The lowest BCUT2D eigenvalue weighted by molar-refractivity contribution is -0.140. The minimum absolute atomic E-state index is 0.166. The minimum atomic E-state index is -0.423. The van der Waals surface area contributed by atoms with E-state index in [1.165, 1.54) is 0 Å². The van der Waals surface area contributed by atoms with Crippen molar-refractivity contribution in [3.63, 3.8) is 0 Å². The molecule has 0 bridgehead atoms. The maximum atomic E-state index is 11.4. The number of nitrogens with one attached hydrogen (secondary N) is 1. The molecule has 110 valence electrons. The minimum Gasteiger partial charge on any atom is -0.465 e. The molecule has 0 radical (unpaired) electrons. The summed E-state index contributed by atoms with van der Waals surface area (Å²) in [5, 5.41) is 13.2. The molecule has 0 amide bonds. The number of hydrogen-bond acceptors (Lipinski definition) is 5. The van der Waals surface area contributed by atoms with Crippen LogP contribution in [0.2, 0.25) is 0 Å². The smallest absolute Gasteiger partial charge is 0.325 e. The zero-order chi connectivity index (χ0) is 14.5. The molecule has 5 heteroatoms. The van der Waals surface area contributed by atoms with Gasteiger partial charge in [0.05, 0.1) is 6.61 Å². The number of carbonyl (C=O) groups excluding carboxylic acids is 1. The molecule has 2 N–H and O–H groups in total. The fourth-order valence-electron chi connectivity index (χ4n) is 2.51. The average Bonchev–Trinajstić information content (AvgIpc) is 2.44. The fraction of sp³-hybridized carbons (Fsp3) is 0.533. The van der Waals surface area contributed by atoms with Gasteiger partial charge in [-0.2, -0.15) is 0 Å². The average molecular weight is 278 g/mol. The first-order valence-corrected chi connectivity index (χ1v) is 7.08. The number of carbonyl (C=O) groups is 1. The van der Waals surface area contributed by atoms with Crippen LogP contribution in [0.4, 0.5) is 5.69 Å². The Labute approximate surface area is 119 Å². The van der Waals surface area contributed by atoms with Crippen LogP contribution in [-0.2, 0) is 22.5 Å². The van der Waals surface area contributed by atoms with E-state index in [0.29, 0.717) is 19.6 Å². The van der Waals surface area contributed by atoms with Crippen LogP contribution in [0.1, 0.15) is 25.0 Å². The maximum absolute atomic E-state index is 11.4. The van der Waals surface area contributed by atoms with Crippen molar-refractivity contribution >= 4 is 11.7 Å². The van der Waals surface area contributed by atoms with E-state index < -0.39 is 6.23 Å². The highest BCUT2D eigenvalue weighted by Gasteiger charge is 2.24. The molecule has 0 aliphatic carbocycles. The van der Waals surface area contributed by atoms with Gasteiger partial charge in [-0.3, -0.25) is 9.69 Å². The molecule has 1 heterocycles. The lowest BCUT2D eigenvalue weighted by Gasteiger charge is -2.33. The predicted molar refractivity (Wildman–Crippen MR) is 77.4 cm³/mol. The molecule has 1 unspecified atom stereocenters. The first-order chi connectivity index (χ1) is 9.65. The number of benzene rings is 1. The van der Waals surface area contributed by atoms with Crippen LogP contribution < -0.4 is 5.32 Å². The van der Waals surface area contributed by atoms with E-state index in [4.69, 9.17) is 4.74 Å². The lowest BCUT2D eigenvalue weighted by atomic mass is 9.97. The molecule has 1 atom stereocenters. The summed E-state index contributed by atoms with van der Waals surface area (Å²) in [6, 6.07) is 5.94. The summed E-state index contributed by atoms with van der Waals surface area (Å²) in [7, 11) is 0. The predicted octanol–water partition coefficient (Wildman–Crippen LogP) is 1.36. The molecule has 0 saturated carbocycles. The van der Waals surface area contributed by atoms with E-state index in [-0.39, 0.29) is 12.5 Å². The van der Waals surface area contributed by atoms with Crippen LogP contribution in [0.5, 0.6) is 0 Å². The van der Waals surface area contributed by atoms with E-state index in [9.17, 15) is 9.90 Å². The van der Waals surface area contributed by atoms with E-state index in [1.807, 2.05) is 30.0 Å². The normalized spacial score (nSPS) is 18.4. The van der Waals surface area contributed by atoms with E-state index in [2.05, 4.69) is 5.32 Å². The van der Waals surface area contributed by atoms with Crippen molar-refractivity contribution in [1.82, 2.24) is 4.90 Å². The Morgan fingerprint density at radius 3 is 3.00 bits per heavy atom. The van der Waals surface area contributed by atoms with Gasteiger partial charge in [-0.25, -0.2) is 0 Å². The zero-order valence-corrected chi connectivity index (χ0v) is 12.1. The number of likely N-dealkylation sites (N-methyl/N-ethyl adjacent to an activating group) is 1. The molecular formula is C15H22N2O3. The van der Waals surface area contributed by atoms with Gasteiger partial charge in [0.2, 0.25) is 0 Å². The summed E-state index contributed by atoms with van der Waals surface area (Å²) in [6.07, 6.45) is 0.200. The maximum Gasteiger partial charge on any atom is 0.325 e. The molecule has 0 aromatic heterocycles. The molecule has 0 saturated heterocycles. The molecule has 20 heavy (non-hydrogen) atoms. The molecule has 5 nitrogen and oxygen atoms in total. The molecule has 1 aromatic rings. The fourth-order valence-corrected chi connectivity index (χ4v) is 2.51.